The van der Waals surface area contributed by atoms with Crippen LogP contribution in [0.2, 0.25) is 0 Å². The molecular formula is C13H12BrFN2OS. The van der Waals surface area contributed by atoms with E-state index < -0.39 is 5.82 Å². The molecule has 0 fully saturated rings. The lowest BCUT2D eigenvalue weighted by atomic mass is 10.2. The zero-order chi connectivity index (χ0) is 14.0. The standard InChI is InChI=1S/C13H12BrFN2OS/c1-8-16-6-9(19-8)7-17(2)13(18)10-4-3-5-11(15)12(10)14/h3-6H,7H2,1-2H3. The van der Waals surface area contributed by atoms with Crippen LogP contribution in [0, 0.1) is 12.7 Å². The summed E-state index contributed by atoms with van der Waals surface area (Å²) in [6.07, 6.45) is 1.75. The van der Waals surface area contributed by atoms with Crippen molar-refractivity contribution in [2.75, 3.05) is 7.05 Å². The summed E-state index contributed by atoms with van der Waals surface area (Å²) in [5.74, 6) is -0.662. The van der Waals surface area contributed by atoms with Gasteiger partial charge in [-0.1, -0.05) is 6.07 Å². The van der Waals surface area contributed by atoms with Gasteiger partial charge < -0.3 is 4.90 Å². The van der Waals surface area contributed by atoms with Crippen LogP contribution in [0.1, 0.15) is 20.2 Å². The first-order valence-corrected chi connectivity index (χ1v) is 7.20. The van der Waals surface area contributed by atoms with Crippen molar-refractivity contribution in [1.29, 1.82) is 0 Å². The zero-order valence-electron chi connectivity index (χ0n) is 10.5. The first-order valence-electron chi connectivity index (χ1n) is 5.60. The third-order valence-corrected chi connectivity index (χ3v) is 4.29. The van der Waals surface area contributed by atoms with E-state index in [9.17, 15) is 9.18 Å². The summed E-state index contributed by atoms with van der Waals surface area (Å²) in [5.41, 5.74) is 0.323. The number of aromatic nitrogens is 1. The van der Waals surface area contributed by atoms with Crippen molar-refractivity contribution in [3.63, 3.8) is 0 Å². The van der Waals surface area contributed by atoms with Crippen LogP contribution >= 0.6 is 27.3 Å². The molecule has 1 aromatic heterocycles. The third-order valence-electron chi connectivity index (χ3n) is 2.59. The molecule has 0 saturated heterocycles. The van der Waals surface area contributed by atoms with Gasteiger partial charge >= 0.3 is 0 Å². The minimum Gasteiger partial charge on any atom is -0.336 e. The topological polar surface area (TPSA) is 33.2 Å². The number of hydrogen-bond acceptors (Lipinski definition) is 3. The fourth-order valence-corrected chi connectivity index (χ4v) is 2.94. The van der Waals surface area contributed by atoms with Crippen LogP contribution in [-0.2, 0) is 6.54 Å². The summed E-state index contributed by atoms with van der Waals surface area (Å²) in [5, 5.41) is 0.961. The third kappa shape index (κ3) is 3.19. The molecule has 6 heteroatoms. The van der Waals surface area contributed by atoms with Crippen LogP contribution < -0.4 is 0 Å². The van der Waals surface area contributed by atoms with Crippen LogP contribution in [0.5, 0.6) is 0 Å². The lowest BCUT2D eigenvalue weighted by Gasteiger charge is -2.17. The van der Waals surface area contributed by atoms with Gasteiger partial charge in [-0.15, -0.1) is 11.3 Å². The Morgan fingerprint density at radius 2 is 2.26 bits per heavy atom. The molecule has 0 aliphatic carbocycles. The molecule has 2 rings (SSSR count). The van der Waals surface area contributed by atoms with E-state index in [1.165, 1.54) is 12.1 Å². The Labute approximate surface area is 123 Å². The summed E-state index contributed by atoms with van der Waals surface area (Å²) in [6.45, 7) is 2.38. The largest absolute Gasteiger partial charge is 0.336 e. The van der Waals surface area contributed by atoms with Crippen molar-refractivity contribution in [2.24, 2.45) is 0 Å². The molecule has 0 spiro atoms. The van der Waals surface area contributed by atoms with Crippen LogP contribution in [0.3, 0.4) is 0 Å². The van der Waals surface area contributed by atoms with Gasteiger partial charge in [0.2, 0.25) is 0 Å². The molecule has 100 valence electrons. The number of nitrogens with zero attached hydrogens (tertiary/aromatic N) is 2. The summed E-state index contributed by atoms with van der Waals surface area (Å²) in [7, 11) is 1.69. The van der Waals surface area contributed by atoms with E-state index in [1.807, 2.05) is 6.92 Å². The minimum absolute atomic E-state index is 0.201. The van der Waals surface area contributed by atoms with Gasteiger partial charge in [-0.2, -0.15) is 0 Å². The fourth-order valence-electron chi connectivity index (χ4n) is 1.66. The second-order valence-electron chi connectivity index (χ2n) is 4.11. The maximum Gasteiger partial charge on any atom is 0.255 e. The first-order chi connectivity index (χ1) is 8.99. The molecule has 0 atom stereocenters. The Morgan fingerprint density at radius 1 is 1.53 bits per heavy atom. The highest BCUT2D eigenvalue weighted by atomic mass is 79.9. The van der Waals surface area contributed by atoms with Gasteiger partial charge in [0.15, 0.2) is 0 Å². The van der Waals surface area contributed by atoms with Gasteiger partial charge in [0.25, 0.3) is 5.91 Å². The van der Waals surface area contributed by atoms with Crippen molar-refractivity contribution in [3.05, 3.63) is 50.1 Å². The first kappa shape index (κ1) is 14.1. The smallest absolute Gasteiger partial charge is 0.255 e. The highest BCUT2D eigenvalue weighted by molar-refractivity contribution is 9.10. The second-order valence-corrected chi connectivity index (χ2v) is 6.22. The molecule has 1 heterocycles. The molecule has 2 aromatic rings. The van der Waals surface area contributed by atoms with Gasteiger partial charge in [-0.3, -0.25) is 4.79 Å². The molecule has 3 nitrogen and oxygen atoms in total. The average Bonchev–Trinajstić information content (AvgIpc) is 2.77. The number of thiazole rings is 1. The summed E-state index contributed by atoms with van der Waals surface area (Å²) in [4.78, 5) is 18.9. The lowest BCUT2D eigenvalue weighted by molar-refractivity contribution is 0.0785. The highest BCUT2D eigenvalue weighted by Gasteiger charge is 2.17. The van der Waals surface area contributed by atoms with E-state index in [0.717, 1.165) is 9.88 Å². The Morgan fingerprint density at radius 3 is 2.89 bits per heavy atom. The predicted octanol–water partition coefficient (Wildman–Crippen LogP) is 3.63. The monoisotopic (exact) mass is 342 g/mol. The molecule has 0 N–H and O–H groups in total. The van der Waals surface area contributed by atoms with E-state index in [4.69, 9.17) is 0 Å². The molecule has 0 bridgehead atoms. The molecule has 0 radical (unpaired) electrons. The molecule has 0 aliphatic rings. The maximum absolute atomic E-state index is 13.4. The van der Waals surface area contributed by atoms with Gasteiger partial charge in [0.1, 0.15) is 5.82 Å². The number of carbonyl (C=O) groups is 1. The summed E-state index contributed by atoms with van der Waals surface area (Å²) >= 11 is 4.65. The Balaban J connectivity index is 2.17. The van der Waals surface area contributed by atoms with Gasteiger partial charge in [-0.05, 0) is 35.0 Å². The number of amides is 1. The van der Waals surface area contributed by atoms with Crippen LogP contribution in [0.25, 0.3) is 0 Å². The Hall–Kier alpha value is -1.27. The second kappa shape index (κ2) is 5.79. The summed E-state index contributed by atoms with van der Waals surface area (Å²) < 4.78 is 13.6. The normalized spacial score (nSPS) is 10.5. The van der Waals surface area contributed by atoms with Crippen molar-refractivity contribution in [3.8, 4) is 0 Å². The number of hydrogen-bond donors (Lipinski definition) is 0. The SMILES string of the molecule is Cc1ncc(CN(C)C(=O)c2cccc(F)c2Br)s1. The highest BCUT2D eigenvalue weighted by Crippen LogP contribution is 2.22. The van der Waals surface area contributed by atoms with Gasteiger partial charge in [0.05, 0.1) is 21.6 Å². The van der Waals surface area contributed by atoms with Crippen molar-refractivity contribution >= 4 is 33.2 Å². The van der Waals surface area contributed by atoms with E-state index in [-0.39, 0.29) is 10.4 Å². The molecule has 1 aromatic carbocycles. The van der Waals surface area contributed by atoms with E-state index in [1.54, 1.807) is 35.5 Å². The number of benzene rings is 1. The minimum atomic E-state index is -0.437. The van der Waals surface area contributed by atoms with E-state index >= 15 is 0 Å². The lowest BCUT2D eigenvalue weighted by Crippen LogP contribution is -2.26. The maximum atomic E-state index is 13.4. The number of carbonyl (C=O) groups excluding carboxylic acids is 1. The quantitative estimate of drug-likeness (QED) is 0.853. The Kier molecular flexibility index (Phi) is 4.31. The Bertz CT molecular complexity index is 614. The van der Waals surface area contributed by atoms with E-state index in [2.05, 4.69) is 20.9 Å². The molecule has 1 amide bonds. The molecule has 0 saturated carbocycles. The number of halogens is 2. The predicted molar refractivity (Wildman–Crippen MR) is 76.7 cm³/mol. The zero-order valence-corrected chi connectivity index (χ0v) is 12.9. The van der Waals surface area contributed by atoms with E-state index in [0.29, 0.717) is 12.1 Å². The van der Waals surface area contributed by atoms with Crippen molar-refractivity contribution < 1.29 is 9.18 Å². The van der Waals surface area contributed by atoms with Crippen molar-refractivity contribution in [1.82, 2.24) is 9.88 Å². The van der Waals surface area contributed by atoms with Crippen LogP contribution in [0.4, 0.5) is 4.39 Å². The van der Waals surface area contributed by atoms with Gasteiger partial charge in [-0.25, -0.2) is 9.37 Å². The molecule has 0 aliphatic heterocycles. The molecular weight excluding hydrogens is 331 g/mol. The number of rotatable bonds is 3. The molecule has 19 heavy (non-hydrogen) atoms. The summed E-state index contributed by atoms with van der Waals surface area (Å²) in [6, 6.07) is 4.44. The average molecular weight is 343 g/mol. The van der Waals surface area contributed by atoms with Crippen molar-refractivity contribution in [2.45, 2.75) is 13.5 Å². The molecule has 0 unspecified atom stereocenters. The van der Waals surface area contributed by atoms with Crippen LogP contribution in [-0.4, -0.2) is 22.8 Å². The van der Waals surface area contributed by atoms with Crippen LogP contribution in [0.15, 0.2) is 28.9 Å². The van der Waals surface area contributed by atoms with Gasteiger partial charge in [0, 0.05) is 18.1 Å². The number of aryl methyl sites for hydroxylation is 1. The fraction of sp³-hybridized carbons (Fsp3) is 0.231.